The first-order chi connectivity index (χ1) is 9.56. The fourth-order valence-corrected chi connectivity index (χ4v) is 2.67. The lowest BCUT2D eigenvalue weighted by atomic mass is 9.98. The molecule has 1 N–H and O–H groups in total. The molecule has 0 aliphatic carbocycles. The molecule has 1 unspecified atom stereocenters. The van der Waals surface area contributed by atoms with Crippen LogP contribution in [0.2, 0.25) is 0 Å². The molecule has 0 saturated heterocycles. The van der Waals surface area contributed by atoms with E-state index in [4.69, 9.17) is 4.74 Å². The smallest absolute Gasteiger partial charge is 0.161 e. The number of benzene rings is 1. The molecular weight excluding hydrogens is 250 g/mol. The normalized spacial score (nSPS) is 12.4. The van der Waals surface area contributed by atoms with Gasteiger partial charge in [0.25, 0.3) is 0 Å². The van der Waals surface area contributed by atoms with E-state index in [1.54, 1.807) is 13.3 Å². The topological polar surface area (TPSA) is 39.1 Å². The average molecular weight is 273 g/mol. The van der Waals surface area contributed by atoms with E-state index in [1.165, 1.54) is 16.7 Å². The van der Waals surface area contributed by atoms with Crippen LogP contribution in [0.3, 0.4) is 0 Å². The summed E-state index contributed by atoms with van der Waals surface area (Å²) in [5.41, 5.74) is 4.83. The zero-order chi connectivity index (χ0) is 14.7. The van der Waals surface area contributed by atoms with Crippen molar-refractivity contribution in [1.82, 2.24) is 15.1 Å². The van der Waals surface area contributed by atoms with Gasteiger partial charge in [-0.1, -0.05) is 36.2 Å². The Morgan fingerprint density at radius 3 is 2.45 bits per heavy atom. The maximum atomic E-state index is 5.45. The minimum atomic E-state index is 0.0843. The molecule has 108 valence electrons. The van der Waals surface area contributed by atoms with Crippen molar-refractivity contribution in [2.75, 3.05) is 13.7 Å². The highest BCUT2D eigenvalue weighted by molar-refractivity contribution is 5.39. The molecule has 1 aromatic carbocycles. The number of rotatable bonds is 5. The molecule has 0 saturated carbocycles. The quantitative estimate of drug-likeness (QED) is 0.910. The summed E-state index contributed by atoms with van der Waals surface area (Å²) in [6, 6.07) is 6.70. The van der Waals surface area contributed by atoms with E-state index in [9.17, 15) is 0 Å². The minimum absolute atomic E-state index is 0.0843. The van der Waals surface area contributed by atoms with Crippen LogP contribution in [-0.2, 0) is 7.05 Å². The number of nitrogens with zero attached hydrogens (tertiary/aromatic N) is 2. The standard InChI is InChI=1S/C16H23N3O/c1-6-17-15(13-8-11(2)7-12(3)9-13)16-14(20-5)10-18-19(16)4/h7-10,15,17H,6H2,1-5H3. The Hall–Kier alpha value is -1.81. The third-order valence-electron chi connectivity index (χ3n) is 3.43. The fraction of sp³-hybridized carbons (Fsp3) is 0.438. The highest BCUT2D eigenvalue weighted by Gasteiger charge is 2.22. The van der Waals surface area contributed by atoms with E-state index in [1.807, 2.05) is 11.7 Å². The first-order valence-corrected chi connectivity index (χ1v) is 6.94. The van der Waals surface area contributed by atoms with E-state index in [2.05, 4.69) is 49.4 Å². The van der Waals surface area contributed by atoms with E-state index < -0.39 is 0 Å². The largest absolute Gasteiger partial charge is 0.493 e. The van der Waals surface area contributed by atoms with Gasteiger partial charge in [-0.25, -0.2) is 0 Å². The summed E-state index contributed by atoms with van der Waals surface area (Å²) in [4.78, 5) is 0. The maximum Gasteiger partial charge on any atom is 0.161 e. The van der Waals surface area contributed by atoms with Crippen LogP contribution in [0.25, 0.3) is 0 Å². The lowest BCUT2D eigenvalue weighted by Gasteiger charge is -2.21. The zero-order valence-corrected chi connectivity index (χ0v) is 12.9. The first-order valence-electron chi connectivity index (χ1n) is 6.94. The van der Waals surface area contributed by atoms with Crippen LogP contribution in [0.1, 0.15) is 35.3 Å². The van der Waals surface area contributed by atoms with Crippen LogP contribution in [0.15, 0.2) is 24.4 Å². The SMILES string of the molecule is CCNC(c1cc(C)cc(C)c1)c1c(OC)cnn1C. The Morgan fingerprint density at radius 1 is 1.25 bits per heavy atom. The Balaban J connectivity index is 2.52. The second-order valence-corrected chi connectivity index (χ2v) is 5.13. The molecule has 1 heterocycles. The van der Waals surface area contributed by atoms with Gasteiger partial charge in [-0.15, -0.1) is 0 Å². The third-order valence-corrected chi connectivity index (χ3v) is 3.43. The van der Waals surface area contributed by atoms with E-state index >= 15 is 0 Å². The molecule has 0 spiro atoms. The van der Waals surface area contributed by atoms with Crippen molar-refractivity contribution in [2.24, 2.45) is 7.05 Å². The van der Waals surface area contributed by atoms with Crippen LogP contribution >= 0.6 is 0 Å². The minimum Gasteiger partial charge on any atom is -0.493 e. The molecule has 0 aliphatic rings. The summed E-state index contributed by atoms with van der Waals surface area (Å²) in [6.07, 6.45) is 1.77. The first kappa shape index (κ1) is 14.6. The average Bonchev–Trinajstić information content (AvgIpc) is 2.76. The maximum absolute atomic E-state index is 5.45. The van der Waals surface area contributed by atoms with E-state index in [0.717, 1.165) is 18.0 Å². The number of aryl methyl sites for hydroxylation is 3. The van der Waals surface area contributed by atoms with Crippen molar-refractivity contribution in [3.8, 4) is 5.75 Å². The van der Waals surface area contributed by atoms with Crippen LogP contribution in [0.5, 0.6) is 5.75 Å². The number of aromatic nitrogens is 2. The Kier molecular flexibility index (Phi) is 4.45. The predicted molar refractivity (Wildman–Crippen MR) is 81.2 cm³/mol. The van der Waals surface area contributed by atoms with Crippen molar-refractivity contribution >= 4 is 0 Å². The molecule has 2 aromatic rings. The van der Waals surface area contributed by atoms with Gasteiger partial charge in [-0.2, -0.15) is 5.10 Å². The van der Waals surface area contributed by atoms with Crippen molar-refractivity contribution in [3.63, 3.8) is 0 Å². The summed E-state index contributed by atoms with van der Waals surface area (Å²) in [5, 5.41) is 7.84. The lowest BCUT2D eigenvalue weighted by Crippen LogP contribution is -2.25. The Labute approximate surface area is 120 Å². The summed E-state index contributed by atoms with van der Waals surface area (Å²) in [6.45, 7) is 7.24. The summed E-state index contributed by atoms with van der Waals surface area (Å²) < 4.78 is 7.33. The van der Waals surface area contributed by atoms with E-state index in [-0.39, 0.29) is 6.04 Å². The van der Waals surface area contributed by atoms with Crippen molar-refractivity contribution < 1.29 is 4.74 Å². The molecule has 1 aromatic heterocycles. The zero-order valence-electron chi connectivity index (χ0n) is 12.9. The molecule has 4 heteroatoms. The Morgan fingerprint density at radius 2 is 1.90 bits per heavy atom. The predicted octanol–water partition coefficient (Wildman–Crippen LogP) is 2.74. The van der Waals surface area contributed by atoms with Crippen LogP contribution < -0.4 is 10.1 Å². The van der Waals surface area contributed by atoms with Crippen LogP contribution in [0, 0.1) is 13.8 Å². The fourth-order valence-electron chi connectivity index (χ4n) is 2.67. The van der Waals surface area contributed by atoms with Gasteiger partial charge in [0.2, 0.25) is 0 Å². The van der Waals surface area contributed by atoms with Gasteiger partial charge in [0.05, 0.1) is 19.3 Å². The molecule has 2 rings (SSSR count). The number of hydrogen-bond donors (Lipinski definition) is 1. The van der Waals surface area contributed by atoms with Crippen molar-refractivity contribution in [2.45, 2.75) is 26.8 Å². The highest BCUT2D eigenvalue weighted by atomic mass is 16.5. The number of ether oxygens (including phenoxy) is 1. The molecular formula is C16H23N3O. The molecule has 0 fully saturated rings. The monoisotopic (exact) mass is 273 g/mol. The second-order valence-electron chi connectivity index (χ2n) is 5.13. The van der Waals surface area contributed by atoms with Gasteiger partial charge in [-0.05, 0) is 26.0 Å². The van der Waals surface area contributed by atoms with Gasteiger partial charge in [0.1, 0.15) is 5.69 Å². The lowest BCUT2D eigenvalue weighted by molar-refractivity contribution is 0.401. The molecule has 0 aliphatic heterocycles. The third kappa shape index (κ3) is 2.85. The number of methoxy groups -OCH3 is 1. The van der Waals surface area contributed by atoms with Gasteiger partial charge < -0.3 is 10.1 Å². The summed E-state index contributed by atoms with van der Waals surface area (Å²) in [7, 11) is 3.63. The molecule has 20 heavy (non-hydrogen) atoms. The second kappa shape index (κ2) is 6.09. The van der Waals surface area contributed by atoms with Gasteiger partial charge in [0, 0.05) is 7.05 Å². The van der Waals surface area contributed by atoms with Gasteiger partial charge in [0.15, 0.2) is 5.75 Å². The highest BCUT2D eigenvalue weighted by Crippen LogP contribution is 2.30. The molecule has 1 atom stereocenters. The van der Waals surface area contributed by atoms with Gasteiger partial charge >= 0.3 is 0 Å². The number of nitrogens with one attached hydrogen (secondary N) is 1. The number of hydrogen-bond acceptors (Lipinski definition) is 3. The van der Waals surface area contributed by atoms with Crippen LogP contribution in [-0.4, -0.2) is 23.4 Å². The van der Waals surface area contributed by atoms with Crippen molar-refractivity contribution in [1.29, 1.82) is 0 Å². The molecule has 0 bridgehead atoms. The van der Waals surface area contributed by atoms with Crippen molar-refractivity contribution in [3.05, 3.63) is 46.8 Å². The summed E-state index contributed by atoms with van der Waals surface area (Å²) >= 11 is 0. The molecule has 0 radical (unpaired) electrons. The molecule has 0 amide bonds. The molecule has 4 nitrogen and oxygen atoms in total. The van der Waals surface area contributed by atoms with Gasteiger partial charge in [-0.3, -0.25) is 4.68 Å². The van der Waals surface area contributed by atoms with Crippen LogP contribution in [0.4, 0.5) is 0 Å². The Bertz CT molecular complexity index is 569. The summed E-state index contributed by atoms with van der Waals surface area (Å²) in [5.74, 6) is 0.817. The van der Waals surface area contributed by atoms with E-state index in [0.29, 0.717) is 0 Å².